The fourth-order valence-electron chi connectivity index (χ4n) is 1.40. The maximum atomic E-state index is 10.9. The molecule has 7 heteroatoms. The van der Waals surface area contributed by atoms with Crippen LogP contribution in [0, 0.1) is 0 Å². The lowest BCUT2D eigenvalue weighted by molar-refractivity contribution is 0.0689. The van der Waals surface area contributed by atoms with Crippen molar-refractivity contribution in [2.24, 2.45) is 0 Å². The van der Waals surface area contributed by atoms with Gasteiger partial charge in [-0.25, -0.2) is 9.78 Å². The molecule has 84 valence electrons. The fraction of sp³-hybridized carbons (Fsp3) is 0.333. The summed E-state index contributed by atoms with van der Waals surface area (Å²) in [7, 11) is 0. The van der Waals surface area contributed by atoms with Crippen LogP contribution in [-0.2, 0) is 6.42 Å². The molecular formula is C9H10N4O2S. The van der Waals surface area contributed by atoms with Crippen molar-refractivity contribution in [1.29, 1.82) is 0 Å². The minimum Gasteiger partial charge on any atom is -0.476 e. The van der Waals surface area contributed by atoms with Gasteiger partial charge in [-0.2, -0.15) is 4.68 Å². The van der Waals surface area contributed by atoms with Gasteiger partial charge < -0.3 is 5.11 Å². The van der Waals surface area contributed by atoms with Crippen molar-refractivity contribution in [2.75, 3.05) is 0 Å². The van der Waals surface area contributed by atoms with Crippen molar-refractivity contribution in [1.82, 2.24) is 20.0 Å². The summed E-state index contributed by atoms with van der Waals surface area (Å²) in [5.74, 6) is -1.05. The van der Waals surface area contributed by atoms with Crippen molar-refractivity contribution < 1.29 is 9.90 Å². The number of aromatic nitrogens is 4. The van der Waals surface area contributed by atoms with Crippen LogP contribution in [0.2, 0.25) is 0 Å². The second-order valence-corrected chi connectivity index (χ2v) is 4.04. The molecule has 0 aliphatic carbocycles. The van der Waals surface area contributed by atoms with Gasteiger partial charge in [0, 0.05) is 11.6 Å². The Labute approximate surface area is 95.6 Å². The van der Waals surface area contributed by atoms with Crippen LogP contribution < -0.4 is 0 Å². The molecule has 2 aromatic heterocycles. The zero-order valence-electron chi connectivity index (χ0n) is 8.62. The van der Waals surface area contributed by atoms with E-state index in [9.17, 15) is 4.79 Å². The molecule has 0 atom stereocenters. The second kappa shape index (κ2) is 4.40. The number of carbonyl (C=O) groups is 1. The fourth-order valence-corrected chi connectivity index (χ4v) is 2.01. The van der Waals surface area contributed by atoms with Crippen molar-refractivity contribution in [3.8, 4) is 5.13 Å². The van der Waals surface area contributed by atoms with Crippen molar-refractivity contribution in [3.05, 3.63) is 23.0 Å². The largest absolute Gasteiger partial charge is 0.476 e. The van der Waals surface area contributed by atoms with Crippen LogP contribution >= 0.6 is 11.3 Å². The highest BCUT2D eigenvalue weighted by atomic mass is 32.1. The first-order valence-electron chi connectivity index (χ1n) is 4.81. The Morgan fingerprint density at radius 3 is 3.00 bits per heavy atom. The van der Waals surface area contributed by atoms with Gasteiger partial charge in [0.05, 0.1) is 5.69 Å². The lowest BCUT2D eigenvalue weighted by Crippen LogP contribution is -2.06. The van der Waals surface area contributed by atoms with Gasteiger partial charge in [0.25, 0.3) is 0 Å². The maximum Gasteiger partial charge on any atom is 0.358 e. The van der Waals surface area contributed by atoms with Gasteiger partial charge in [-0.1, -0.05) is 18.6 Å². The highest BCUT2D eigenvalue weighted by molar-refractivity contribution is 7.12. The second-order valence-electron chi connectivity index (χ2n) is 3.17. The van der Waals surface area contributed by atoms with E-state index in [1.165, 1.54) is 16.0 Å². The molecule has 0 saturated carbocycles. The van der Waals surface area contributed by atoms with Crippen molar-refractivity contribution in [2.45, 2.75) is 19.8 Å². The average molecular weight is 238 g/mol. The summed E-state index contributed by atoms with van der Waals surface area (Å²) in [5.41, 5.74) is 0.613. The summed E-state index contributed by atoms with van der Waals surface area (Å²) in [6.45, 7) is 1.98. The summed E-state index contributed by atoms with van der Waals surface area (Å²) >= 11 is 1.40. The number of thiazole rings is 1. The number of nitrogens with zero attached hydrogens (tertiary/aromatic N) is 4. The monoisotopic (exact) mass is 238 g/mol. The molecule has 2 heterocycles. The van der Waals surface area contributed by atoms with Gasteiger partial charge >= 0.3 is 5.97 Å². The summed E-state index contributed by atoms with van der Waals surface area (Å²) in [6, 6.07) is 0. The van der Waals surface area contributed by atoms with E-state index in [2.05, 4.69) is 15.3 Å². The molecule has 2 rings (SSSR count). The van der Waals surface area contributed by atoms with E-state index in [-0.39, 0.29) is 5.69 Å². The minimum atomic E-state index is -1.05. The molecular weight excluding hydrogens is 228 g/mol. The van der Waals surface area contributed by atoms with Gasteiger partial charge in [0.1, 0.15) is 0 Å². The zero-order chi connectivity index (χ0) is 11.5. The van der Waals surface area contributed by atoms with Gasteiger partial charge in [-0.3, -0.25) is 0 Å². The maximum absolute atomic E-state index is 10.9. The standard InChI is InChI=1S/C9H10N4O2S/c1-2-3-6-7(8(14)15)11-12-13(6)9-10-4-5-16-9/h4-5H,2-3H2,1H3,(H,14,15). The number of hydrogen-bond donors (Lipinski definition) is 1. The Hall–Kier alpha value is -1.76. The molecule has 0 radical (unpaired) electrons. The Bertz CT molecular complexity index is 492. The number of carboxylic acids is 1. The lowest BCUT2D eigenvalue weighted by atomic mass is 10.2. The third kappa shape index (κ3) is 1.81. The van der Waals surface area contributed by atoms with Crippen molar-refractivity contribution >= 4 is 17.3 Å². The molecule has 2 aromatic rings. The number of rotatable bonds is 4. The van der Waals surface area contributed by atoms with Crippen molar-refractivity contribution in [3.63, 3.8) is 0 Å². The molecule has 0 amide bonds. The molecule has 0 bridgehead atoms. The number of hydrogen-bond acceptors (Lipinski definition) is 5. The lowest BCUT2D eigenvalue weighted by Gasteiger charge is -2.01. The van der Waals surface area contributed by atoms with E-state index in [1.54, 1.807) is 6.20 Å². The molecule has 0 aliphatic rings. The Kier molecular flexibility index (Phi) is 2.95. The molecule has 16 heavy (non-hydrogen) atoms. The SMILES string of the molecule is CCCc1c(C(=O)O)nnn1-c1nccs1. The van der Waals surface area contributed by atoms with E-state index in [4.69, 9.17) is 5.11 Å². The van der Waals surface area contributed by atoms with Crippen LogP contribution in [0.4, 0.5) is 0 Å². The third-order valence-electron chi connectivity index (χ3n) is 2.05. The third-order valence-corrected chi connectivity index (χ3v) is 2.80. The molecule has 0 spiro atoms. The summed E-state index contributed by atoms with van der Waals surface area (Å²) in [4.78, 5) is 15.0. The van der Waals surface area contributed by atoms with Gasteiger partial charge in [0.15, 0.2) is 5.69 Å². The van der Waals surface area contributed by atoms with Gasteiger partial charge in [0.2, 0.25) is 5.13 Å². The van der Waals surface area contributed by atoms with E-state index in [0.29, 0.717) is 17.2 Å². The van der Waals surface area contributed by atoms with Crippen LogP contribution in [0.3, 0.4) is 0 Å². The van der Waals surface area contributed by atoms with E-state index < -0.39 is 5.97 Å². The molecule has 1 N–H and O–H groups in total. The summed E-state index contributed by atoms with van der Waals surface area (Å²) in [6.07, 6.45) is 3.10. The predicted molar refractivity (Wildman–Crippen MR) is 58.0 cm³/mol. The molecule has 0 fully saturated rings. The van der Waals surface area contributed by atoms with Crippen LogP contribution in [0.15, 0.2) is 11.6 Å². The van der Waals surface area contributed by atoms with Crippen LogP contribution in [0.5, 0.6) is 0 Å². The van der Waals surface area contributed by atoms with Gasteiger partial charge in [-0.15, -0.1) is 16.4 Å². The first-order valence-corrected chi connectivity index (χ1v) is 5.69. The Balaban J connectivity index is 2.50. The van der Waals surface area contributed by atoms with E-state index in [1.807, 2.05) is 12.3 Å². The zero-order valence-corrected chi connectivity index (χ0v) is 9.44. The Morgan fingerprint density at radius 1 is 1.62 bits per heavy atom. The highest BCUT2D eigenvalue weighted by Crippen LogP contribution is 2.16. The van der Waals surface area contributed by atoms with Crippen LogP contribution in [0.25, 0.3) is 5.13 Å². The van der Waals surface area contributed by atoms with Gasteiger partial charge in [-0.05, 0) is 6.42 Å². The normalized spacial score (nSPS) is 10.6. The first-order chi connectivity index (χ1) is 7.74. The molecule has 6 nitrogen and oxygen atoms in total. The predicted octanol–water partition coefficient (Wildman–Crippen LogP) is 1.37. The van der Waals surface area contributed by atoms with E-state index in [0.717, 1.165) is 6.42 Å². The van der Waals surface area contributed by atoms with Crippen LogP contribution in [-0.4, -0.2) is 31.1 Å². The highest BCUT2D eigenvalue weighted by Gasteiger charge is 2.19. The summed E-state index contributed by atoms with van der Waals surface area (Å²) in [5, 5.41) is 18.9. The topological polar surface area (TPSA) is 80.9 Å². The number of aromatic carboxylic acids is 1. The quantitative estimate of drug-likeness (QED) is 0.870. The molecule has 0 saturated heterocycles. The molecule has 0 aromatic carbocycles. The first kappa shape index (κ1) is 10.7. The van der Waals surface area contributed by atoms with Crippen LogP contribution in [0.1, 0.15) is 29.5 Å². The average Bonchev–Trinajstić information content (AvgIpc) is 2.84. The molecule has 0 aliphatic heterocycles. The summed E-state index contributed by atoms with van der Waals surface area (Å²) < 4.78 is 1.50. The smallest absolute Gasteiger partial charge is 0.358 e. The molecule has 0 unspecified atom stereocenters. The minimum absolute atomic E-state index is 0.0112. The van der Waals surface area contributed by atoms with E-state index >= 15 is 0 Å². The number of carboxylic acid groups (broad SMARTS) is 1. The Morgan fingerprint density at radius 2 is 2.44 bits per heavy atom.